The quantitative estimate of drug-likeness (QED) is 0.0996. The predicted molar refractivity (Wildman–Crippen MR) is 213 cm³/mol. The second-order valence-electron chi connectivity index (χ2n) is 11.0. The van der Waals surface area contributed by atoms with E-state index in [0.29, 0.717) is 0 Å². The highest BCUT2D eigenvalue weighted by atomic mass is 31.2. The van der Waals surface area contributed by atoms with Crippen molar-refractivity contribution in [2.24, 2.45) is 0 Å². The van der Waals surface area contributed by atoms with Gasteiger partial charge in [0.15, 0.2) is 0 Å². The van der Waals surface area contributed by atoms with Gasteiger partial charge in [0.25, 0.3) is 0 Å². The average Bonchev–Trinajstić information content (AvgIpc) is 3.16. The molecule has 6 nitrogen and oxygen atoms in total. The van der Waals surface area contributed by atoms with Gasteiger partial charge in [-0.1, -0.05) is 159 Å². The SMILES string of the molecule is O=C(O)O.O=C([O-])O.[CH2]CCCC[P+](c1ccccc1)(c1ccccc1)c1ccccc1.c1ccc(P(c2ccccc2)c2ccccc2)cc1. The van der Waals surface area contributed by atoms with E-state index in [1.54, 1.807) is 0 Å². The summed E-state index contributed by atoms with van der Waals surface area (Å²) in [5.41, 5.74) is 0. The van der Waals surface area contributed by atoms with Crippen LogP contribution in [0.4, 0.5) is 9.59 Å². The molecule has 6 rings (SSSR count). The molecule has 1 radical (unpaired) electrons. The predicted octanol–water partition coefficient (Wildman–Crippen LogP) is 7.54. The lowest BCUT2D eigenvalue weighted by Crippen LogP contribution is -2.33. The van der Waals surface area contributed by atoms with Gasteiger partial charge in [-0.05, 0) is 73.1 Å². The van der Waals surface area contributed by atoms with Crippen LogP contribution >= 0.6 is 15.2 Å². The third-order valence-electron chi connectivity index (χ3n) is 7.63. The Labute approximate surface area is 302 Å². The highest BCUT2D eigenvalue weighted by Gasteiger charge is 2.44. The maximum atomic E-state index is 8.56. The minimum atomic E-state index is -2.08. The summed E-state index contributed by atoms with van der Waals surface area (Å²) in [5.74, 6) is 0. The van der Waals surface area contributed by atoms with E-state index in [0.717, 1.165) is 6.42 Å². The van der Waals surface area contributed by atoms with Gasteiger partial charge in [0.2, 0.25) is 6.16 Å². The molecule has 0 spiro atoms. The fourth-order valence-corrected chi connectivity index (χ4v) is 12.3. The van der Waals surface area contributed by atoms with Gasteiger partial charge in [-0.2, -0.15) is 0 Å². The van der Waals surface area contributed by atoms with Gasteiger partial charge in [-0.15, -0.1) is 0 Å². The summed E-state index contributed by atoms with van der Waals surface area (Å²) in [6, 6.07) is 65.6. The molecule has 51 heavy (non-hydrogen) atoms. The zero-order chi connectivity index (χ0) is 36.7. The van der Waals surface area contributed by atoms with Crippen molar-refractivity contribution in [1.29, 1.82) is 0 Å². The van der Waals surface area contributed by atoms with Crippen LogP contribution < -0.4 is 36.9 Å². The number of hydrogen-bond donors (Lipinski definition) is 3. The Kier molecular flexibility index (Phi) is 17.7. The average molecular weight is 718 g/mol. The molecule has 0 aromatic heterocycles. The fraction of sp³-hybridized carbons (Fsp3) is 0.0930. The molecule has 0 aliphatic carbocycles. The van der Waals surface area contributed by atoms with Gasteiger partial charge < -0.3 is 25.2 Å². The molecular formula is C43H43O6P2. The van der Waals surface area contributed by atoms with Gasteiger partial charge in [0, 0.05) is 0 Å². The molecule has 0 aliphatic rings. The van der Waals surface area contributed by atoms with Crippen LogP contribution in [0, 0.1) is 6.92 Å². The Balaban J connectivity index is 0.000000231. The zero-order valence-electron chi connectivity index (χ0n) is 28.3. The van der Waals surface area contributed by atoms with Crippen molar-refractivity contribution in [2.45, 2.75) is 19.3 Å². The van der Waals surface area contributed by atoms with Gasteiger partial charge in [-0.3, -0.25) is 0 Å². The van der Waals surface area contributed by atoms with Crippen LogP contribution in [-0.4, -0.2) is 33.8 Å². The van der Waals surface area contributed by atoms with Crippen LogP contribution in [0.3, 0.4) is 0 Å². The maximum absolute atomic E-state index is 8.56. The molecule has 0 fully saturated rings. The fourth-order valence-electron chi connectivity index (χ4n) is 5.59. The second kappa shape index (κ2) is 22.4. The number of unbranched alkanes of at least 4 members (excludes halogenated alkanes) is 2. The van der Waals surface area contributed by atoms with E-state index in [4.69, 9.17) is 30.0 Å². The Morgan fingerprint density at radius 3 is 0.961 bits per heavy atom. The van der Waals surface area contributed by atoms with E-state index in [9.17, 15) is 0 Å². The van der Waals surface area contributed by atoms with E-state index >= 15 is 0 Å². The molecule has 261 valence electrons. The number of rotatable bonds is 10. The van der Waals surface area contributed by atoms with Crippen molar-refractivity contribution in [1.82, 2.24) is 0 Å². The summed E-state index contributed by atoms with van der Waals surface area (Å²) in [4.78, 5) is 17.0. The largest absolute Gasteiger partial charge is 0.565 e. The third-order valence-corrected chi connectivity index (χ3v) is 14.6. The molecule has 6 aromatic rings. The summed E-state index contributed by atoms with van der Waals surface area (Å²) < 4.78 is 0. The van der Waals surface area contributed by atoms with Crippen molar-refractivity contribution >= 4 is 59.3 Å². The van der Waals surface area contributed by atoms with Crippen molar-refractivity contribution in [3.8, 4) is 0 Å². The van der Waals surface area contributed by atoms with Crippen LogP contribution in [-0.2, 0) is 0 Å². The smallest absolute Gasteiger partial charge is 0.503 e. The van der Waals surface area contributed by atoms with Crippen molar-refractivity contribution in [3.05, 3.63) is 189 Å². The van der Waals surface area contributed by atoms with Gasteiger partial charge in [-0.25, -0.2) is 4.79 Å². The lowest BCUT2D eigenvalue weighted by molar-refractivity contribution is -0.275. The topological polar surface area (TPSA) is 118 Å². The molecule has 0 atom stereocenters. The first-order valence-corrected chi connectivity index (χ1v) is 19.7. The van der Waals surface area contributed by atoms with Crippen LogP contribution in [0.1, 0.15) is 19.3 Å². The minimum Gasteiger partial charge on any atom is -0.565 e. The molecule has 0 bridgehead atoms. The summed E-state index contributed by atoms with van der Waals surface area (Å²) in [6.45, 7) is 4.04. The maximum Gasteiger partial charge on any atom is 0.503 e. The van der Waals surface area contributed by atoms with Crippen molar-refractivity contribution in [2.75, 3.05) is 6.16 Å². The summed E-state index contributed by atoms with van der Waals surface area (Å²) in [7, 11) is -2.06. The lowest BCUT2D eigenvalue weighted by Gasteiger charge is -2.27. The Hall–Kier alpha value is -5.28. The van der Waals surface area contributed by atoms with Crippen LogP contribution in [0.25, 0.3) is 0 Å². The Morgan fingerprint density at radius 2 is 0.725 bits per heavy atom. The first kappa shape index (κ1) is 40.2. The molecule has 3 N–H and O–H groups in total. The van der Waals surface area contributed by atoms with Gasteiger partial charge >= 0.3 is 6.16 Å². The molecule has 0 amide bonds. The molecule has 6 aromatic carbocycles. The highest BCUT2D eigenvalue weighted by Crippen LogP contribution is 2.55. The first-order chi connectivity index (χ1) is 24.8. The summed E-state index contributed by atoms with van der Waals surface area (Å²) in [5, 5.41) is 37.9. The monoisotopic (exact) mass is 717 g/mol. The van der Waals surface area contributed by atoms with Crippen molar-refractivity contribution in [3.63, 3.8) is 0 Å². The Morgan fingerprint density at radius 1 is 0.490 bits per heavy atom. The number of carboxylic acid groups (broad SMARTS) is 4. The summed E-state index contributed by atoms with van der Waals surface area (Å²) >= 11 is 0. The number of carbonyl (C=O) groups is 2. The van der Waals surface area contributed by atoms with Gasteiger partial charge in [0.05, 0.1) is 6.16 Å². The highest BCUT2D eigenvalue weighted by molar-refractivity contribution is 7.95. The Bertz CT molecular complexity index is 1600. The standard InChI is InChI=1S/C23H25P.C18H15P.2CH2O3/c1-2-3-13-20-24(21-14-7-4-8-15-21,22-16-9-5-10-17-22)23-18-11-6-12-19-23;1-4-10-16(11-5-1)19(17-12-6-2-7-13-17)18-14-8-3-9-15-18;2*2-1(3)4/h4-12,14-19H,1-3,13,20H2;1-15H;2*(H2,2,3,4)/q+1;;;/p-1. The minimum absolute atomic E-state index is 0.446. The number of hydrogen-bond acceptors (Lipinski definition) is 3. The summed E-state index contributed by atoms with van der Waals surface area (Å²) in [6.07, 6.45) is 0.711. The van der Waals surface area contributed by atoms with Crippen LogP contribution in [0.5, 0.6) is 0 Å². The van der Waals surface area contributed by atoms with E-state index < -0.39 is 27.5 Å². The van der Waals surface area contributed by atoms with E-state index in [2.05, 4.69) is 189 Å². The first-order valence-electron chi connectivity index (χ1n) is 16.4. The molecule has 0 aliphatic heterocycles. The normalized spacial score (nSPS) is 10.2. The molecule has 0 unspecified atom stereocenters. The van der Waals surface area contributed by atoms with Gasteiger partial charge in [0.1, 0.15) is 23.2 Å². The molecule has 0 heterocycles. The zero-order valence-corrected chi connectivity index (χ0v) is 30.1. The van der Waals surface area contributed by atoms with Crippen molar-refractivity contribution < 1.29 is 30.0 Å². The number of benzene rings is 6. The molecule has 0 saturated heterocycles. The van der Waals surface area contributed by atoms with Crippen LogP contribution in [0.15, 0.2) is 182 Å². The molecule has 8 heteroatoms. The van der Waals surface area contributed by atoms with E-state index in [1.165, 1.54) is 50.8 Å². The second-order valence-corrected chi connectivity index (χ2v) is 16.8. The van der Waals surface area contributed by atoms with Crippen LogP contribution in [0.2, 0.25) is 0 Å². The lowest BCUT2D eigenvalue weighted by atomic mass is 10.3. The van der Waals surface area contributed by atoms with E-state index in [-0.39, 0.29) is 0 Å². The molecule has 0 saturated carbocycles. The molecular weight excluding hydrogens is 674 g/mol. The third kappa shape index (κ3) is 13.2. The van der Waals surface area contributed by atoms with E-state index in [1.807, 2.05) is 0 Å².